The van der Waals surface area contributed by atoms with Gasteiger partial charge in [0.1, 0.15) is 0 Å². The molecule has 0 aliphatic rings. The lowest BCUT2D eigenvalue weighted by atomic mass is 10.2. The van der Waals surface area contributed by atoms with Crippen molar-refractivity contribution in [2.45, 2.75) is 20.3 Å². The van der Waals surface area contributed by atoms with Crippen molar-refractivity contribution in [3.63, 3.8) is 0 Å². The monoisotopic (exact) mass is 540 g/mol. The molecule has 38 heavy (non-hydrogen) atoms. The molecule has 0 atom stereocenters. The number of esters is 2. The van der Waals surface area contributed by atoms with Crippen molar-refractivity contribution in [2.24, 2.45) is 5.10 Å². The van der Waals surface area contributed by atoms with Gasteiger partial charge < -0.3 is 24.3 Å². The number of hydrogen-bond donors (Lipinski definition) is 2. The number of hydrazone groups is 1. The van der Waals surface area contributed by atoms with E-state index in [2.05, 4.69) is 20.8 Å². The molecule has 1 aromatic heterocycles. The first kappa shape index (κ1) is 28.1. The molecule has 12 heteroatoms. The van der Waals surface area contributed by atoms with Gasteiger partial charge in [0.2, 0.25) is 5.13 Å². The van der Waals surface area contributed by atoms with E-state index < -0.39 is 11.9 Å². The van der Waals surface area contributed by atoms with Crippen LogP contribution in [0.5, 0.6) is 11.5 Å². The molecule has 3 aromatic rings. The van der Waals surface area contributed by atoms with E-state index in [0.717, 1.165) is 0 Å². The number of methoxy groups -OCH3 is 1. The number of hydrogen-bond acceptors (Lipinski definition) is 11. The minimum absolute atomic E-state index is 0.102. The number of nitrogens with one attached hydrogen (secondary N) is 2. The van der Waals surface area contributed by atoms with Gasteiger partial charge in [0, 0.05) is 5.38 Å². The molecule has 0 unspecified atom stereocenters. The lowest BCUT2D eigenvalue weighted by Crippen LogP contribution is -2.22. The second kappa shape index (κ2) is 14.3. The van der Waals surface area contributed by atoms with Crippen LogP contribution in [0.1, 0.15) is 35.5 Å². The molecule has 3 rings (SSSR count). The van der Waals surface area contributed by atoms with E-state index in [4.69, 9.17) is 18.9 Å². The molecule has 0 spiro atoms. The molecular formula is C26H28N4O7S. The normalized spacial score (nSPS) is 10.6. The quantitative estimate of drug-likeness (QED) is 0.188. The van der Waals surface area contributed by atoms with Crippen molar-refractivity contribution in [3.05, 3.63) is 64.7 Å². The average Bonchev–Trinajstić information content (AvgIpc) is 3.35. The molecule has 0 saturated heterocycles. The van der Waals surface area contributed by atoms with E-state index in [1.54, 1.807) is 61.0 Å². The first-order valence-electron chi connectivity index (χ1n) is 11.7. The van der Waals surface area contributed by atoms with Gasteiger partial charge in [-0.1, -0.05) is 12.1 Å². The predicted molar refractivity (Wildman–Crippen MR) is 143 cm³/mol. The molecule has 1 heterocycles. The lowest BCUT2D eigenvalue weighted by Gasteiger charge is -2.13. The van der Waals surface area contributed by atoms with Crippen molar-refractivity contribution in [3.8, 4) is 11.5 Å². The first-order valence-corrected chi connectivity index (χ1v) is 12.6. The molecule has 2 aromatic carbocycles. The molecule has 11 nitrogen and oxygen atoms in total. The molecule has 0 radical (unpaired) electrons. The third-order valence-electron chi connectivity index (χ3n) is 4.79. The van der Waals surface area contributed by atoms with E-state index >= 15 is 0 Å². The highest BCUT2D eigenvalue weighted by Crippen LogP contribution is 2.28. The van der Waals surface area contributed by atoms with Crippen LogP contribution < -0.4 is 20.2 Å². The Hall–Kier alpha value is -4.45. The zero-order valence-corrected chi connectivity index (χ0v) is 22.0. The van der Waals surface area contributed by atoms with Crippen LogP contribution in [-0.2, 0) is 25.5 Å². The third-order valence-corrected chi connectivity index (χ3v) is 5.58. The number of benzene rings is 2. The molecule has 0 aliphatic heterocycles. The zero-order chi connectivity index (χ0) is 27.3. The van der Waals surface area contributed by atoms with E-state index in [9.17, 15) is 14.4 Å². The van der Waals surface area contributed by atoms with Gasteiger partial charge in [-0.3, -0.25) is 15.0 Å². The van der Waals surface area contributed by atoms with Crippen LogP contribution in [0.3, 0.4) is 0 Å². The SMILES string of the molecule is CCOC(=O)Cc1csc(NN=Cc2ccc(OCC(=O)Nc3ccccc3C(=O)OC)c(OCC)c2)n1. The van der Waals surface area contributed by atoms with Gasteiger partial charge in [0.25, 0.3) is 5.91 Å². The minimum atomic E-state index is -0.556. The summed E-state index contributed by atoms with van der Waals surface area (Å²) < 4.78 is 21.0. The number of anilines is 2. The summed E-state index contributed by atoms with van der Waals surface area (Å²) in [5.74, 6) is -0.534. The average molecular weight is 541 g/mol. The van der Waals surface area contributed by atoms with Crippen LogP contribution in [0.4, 0.5) is 10.8 Å². The minimum Gasteiger partial charge on any atom is -0.490 e. The van der Waals surface area contributed by atoms with Gasteiger partial charge in [0.15, 0.2) is 18.1 Å². The van der Waals surface area contributed by atoms with Crippen molar-refractivity contribution in [1.29, 1.82) is 0 Å². The number of carbonyl (C=O) groups is 3. The largest absolute Gasteiger partial charge is 0.490 e. The molecule has 200 valence electrons. The number of amides is 1. The molecular weight excluding hydrogens is 512 g/mol. The fourth-order valence-electron chi connectivity index (χ4n) is 3.16. The number of nitrogens with zero attached hydrogens (tertiary/aromatic N) is 2. The molecule has 0 aliphatic carbocycles. The van der Waals surface area contributed by atoms with Crippen LogP contribution in [-0.4, -0.2) is 56.0 Å². The molecule has 0 bridgehead atoms. The summed E-state index contributed by atoms with van der Waals surface area (Å²) in [7, 11) is 1.27. The highest BCUT2D eigenvalue weighted by molar-refractivity contribution is 7.13. The van der Waals surface area contributed by atoms with Gasteiger partial charge in [-0.25, -0.2) is 9.78 Å². The number of carbonyl (C=O) groups excluding carboxylic acids is 3. The number of para-hydroxylation sites is 1. The Bertz CT molecular complexity index is 1290. The maximum atomic E-state index is 12.5. The summed E-state index contributed by atoms with van der Waals surface area (Å²) in [6.45, 7) is 3.99. The van der Waals surface area contributed by atoms with Crippen LogP contribution in [0.2, 0.25) is 0 Å². The van der Waals surface area contributed by atoms with Crippen LogP contribution in [0, 0.1) is 0 Å². The Kier molecular flexibility index (Phi) is 10.6. The van der Waals surface area contributed by atoms with E-state index in [-0.39, 0.29) is 24.6 Å². The van der Waals surface area contributed by atoms with Crippen molar-refractivity contribution >= 4 is 46.2 Å². The Labute approximate surface area is 223 Å². The second-order valence-corrected chi connectivity index (χ2v) is 8.37. The summed E-state index contributed by atoms with van der Waals surface area (Å²) >= 11 is 1.32. The highest BCUT2D eigenvalue weighted by Gasteiger charge is 2.15. The Morgan fingerprint density at radius 2 is 1.87 bits per heavy atom. The number of rotatable bonds is 13. The van der Waals surface area contributed by atoms with Crippen LogP contribution >= 0.6 is 11.3 Å². The topological polar surface area (TPSA) is 137 Å². The summed E-state index contributed by atoms with van der Waals surface area (Å²) in [5, 5.41) is 9.13. The van der Waals surface area contributed by atoms with Gasteiger partial charge in [-0.15, -0.1) is 11.3 Å². The second-order valence-electron chi connectivity index (χ2n) is 7.51. The first-order chi connectivity index (χ1) is 18.4. The molecule has 0 fully saturated rings. The standard InChI is InChI=1S/C26H28N4O7S/c1-4-35-22-12-17(14-27-30-26-28-18(16-38-26)13-24(32)36-5-2)10-11-21(22)37-15-23(31)29-20-9-7-6-8-19(20)25(33)34-3/h6-12,14,16H,4-5,13,15H2,1-3H3,(H,28,30)(H,29,31). The third kappa shape index (κ3) is 8.30. The maximum Gasteiger partial charge on any atom is 0.339 e. The van der Waals surface area contributed by atoms with Crippen LogP contribution in [0.15, 0.2) is 52.9 Å². The Morgan fingerprint density at radius 1 is 1.05 bits per heavy atom. The van der Waals surface area contributed by atoms with E-state index in [1.165, 1.54) is 18.4 Å². The summed E-state index contributed by atoms with van der Waals surface area (Å²) in [6.07, 6.45) is 1.68. The number of ether oxygens (including phenoxy) is 4. The molecule has 2 N–H and O–H groups in total. The van der Waals surface area contributed by atoms with Gasteiger partial charge in [-0.05, 0) is 49.7 Å². The number of aromatic nitrogens is 1. The van der Waals surface area contributed by atoms with Gasteiger partial charge in [0.05, 0.1) is 49.9 Å². The summed E-state index contributed by atoms with van der Waals surface area (Å²) in [5.41, 5.74) is 4.71. The predicted octanol–water partition coefficient (Wildman–Crippen LogP) is 3.90. The van der Waals surface area contributed by atoms with Crippen molar-refractivity contribution in [2.75, 3.05) is 37.7 Å². The number of thiazole rings is 1. The van der Waals surface area contributed by atoms with Crippen molar-refractivity contribution in [1.82, 2.24) is 4.98 Å². The van der Waals surface area contributed by atoms with Crippen LogP contribution in [0.25, 0.3) is 0 Å². The molecule has 1 amide bonds. The summed E-state index contributed by atoms with van der Waals surface area (Å²) in [6, 6.07) is 11.7. The highest BCUT2D eigenvalue weighted by atomic mass is 32.1. The molecule has 0 saturated carbocycles. The summed E-state index contributed by atoms with van der Waals surface area (Å²) in [4.78, 5) is 40.3. The lowest BCUT2D eigenvalue weighted by molar-refractivity contribution is -0.142. The fraction of sp³-hybridized carbons (Fsp3) is 0.269. The smallest absolute Gasteiger partial charge is 0.339 e. The van der Waals surface area contributed by atoms with E-state index in [0.29, 0.717) is 46.8 Å². The van der Waals surface area contributed by atoms with Gasteiger partial charge in [-0.2, -0.15) is 5.10 Å². The zero-order valence-electron chi connectivity index (χ0n) is 21.2. The Morgan fingerprint density at radius 3 is 2.63 bits per heavy atom. The maximum absolute atomic E-state index is 12.5. The van der Waals surface area contributed by atoms with E-state index in [1.807, 2.05) is 6.92 Å². The fourth-order valence-corrected chi connectivity index (χ4v) is 3.82. The van der Waals surface area contributed by atoms with Gasteiger partial charge >= 0.3 is 11.9 Å². The van der Waals surface area contributed by atoms with Crippen molar-refractivity contribution < 1.29 is 33.3 Å². The Balaban J connectivity index is 1.59.